The van der Waals surface area contributed by atoms with Crippen molar-refractivity contribution in [1.29, 1.82) is 0 Å². The van der Waals surface area contributed by atoms with Gasteiger partial charge in [0.15, 0.2) is 5.13 Å². The second-order valence-corrected chi connectivity index (χ2v) is 12.1. The van der Waals surface area contributed by atoms with E-state index in [1.165, 1.54) is 18.3 Å². The number of nitrogens with one attached hydrogen (secondary N) is 1. The van der Waals surface area contributed by atoms with Crippen molar-refractivity contribution < 1.29 is 14.3 Å². The van der Waals surface area contributed by atoms with E-state index in [0.29, 0.717) is 16.8 Å². The van der Waals surface area contributed by atoms with E-state index >= 15 is 0 Å². The smallest absolute Gasteiger partial charge is 0.253 e. The molecular formula is C31H33N7O3S. The third kappa shape index (κ3) is 5.23. The third-order valence-electron chi connectivity index (χ3n) is 8.23. The summed E-state index contributed by atoms with van der Waals surface area (Å²) in [6, 6.07) is 11.7. The lowest BCUT2D eigenvalue weighted by molar-refractivity contribution is -0.114. The highest BCUT2D eigenvalue weighted by atomic mass is 32.1. The fraction of sp³-hybridized carbons (Fsp3) is 0.387. The summed E-state index contributed by atoms with van der Waals surface area (Å²) in [5, 5.41) is 8.50. The van der Waals surface area contributed by atoms with Gasteiger partial charge in [-0.3, -0.25) is 19.5 Å². The highest BCUT2D eigenvalue weighted by molar-refractivity contribution is 7.19. The second kappa shape index (κ2) is 11.4. The number of aryl methyl sites for hydroxylation is 1. The number of aromatic nitrogens is 4. The molecule has 1 aromatic carbocycles. The molecule has 2 saturated heterocycles. The monoisotopic (exact) mass is 583 g/mol. The van der Waals surface area contributed by atoms with Gasteiger partial charge < -0.3 is 15.0 Å². The minimum Gasteiger partial charge on any atom is -0.377 e. The number of piperazine rings is 1. The zero-order valence-electron chi connectivity index (χ0n) is 23.6. The Balaban J connectivity index is 1.15. The first-order chi connectivity index (χ1) is 20.5. The quantitative estimate of drug-likeness (QED) is 0.365. The van der Waals surface area contributed by atoms with Crippen LogP contribution in [0.5, 0.6) is 0 Å². The molecule has 0 saturated carbocycles. The van der Waals surface area contributed by atoms with Crippen molar-refractivity contribution in [2.75, 3.05) is 44.6 Å². The Morgan fingerprint density at radius 2 is 1.93 bits per heavy atom. The number of pyridine rings is 1. The maximum Gasteiger partial charge on any atom is 0.253 e. The predicted octanol–water partition coefficient (Wildman–Crippen LogP) is 4.05. The number of nitrogens with zero attached hydrogens (tertiary/aromatic N) is 6. The van der Waals surface area contributed by atoms with Crippen molar-refractivity contribution in [2.45, 2.75) is 38.7 Å². The summed E-state index contributed by atoms with van der Waals surface area (Å²) in [6.45, 7) is 6.51. The number of ether oxygens (including phenoxy) is 1. The lowest BCUT2D eigenvalue weighted by Gasteiger charge is -2.35. The fourth-order valence-electron chi connectivity index (χ4n) is 6.13. The van der Waals surface area contributed by atoms with Crippen molar-refractivity contribution >= 4 is 28.3 Å². The number of carbonyl (C=O) groups is 2. The van der Waals surface area contributed by atoms with E-state index in [1.807, 2.05) is 52.2 Å². The van der Waals surface area contributed by atoms with Crippen LogP contribution >= 0.6 is 11.3 Å². The third-order valence-corrected chi connectivity index (χ3v) is 9.25. The number of thiazole rings is 1. The molecule has 10 nitrogen and oxygen atoms in total. The minimum atomic E-state index is -0.143. The molecule has 1 N–H and O–H groups in total. The van der Waals surface area contributed by atoms with Crippen LogP contribution in [0.3, 0.4) is 0 Å². The van der Waals surface area contributed by atoms with Gasteiger partial charge in [-0.05, 0) is 62.1 Å². The van der Waals surface area contributed by atoms with Gasteiger partial charge in [0.1, 0.15) is 0 Å². The number of amides is 2. The Morgan fingerprint density at radius 3 is 2.64 bits per heavy atom. The van der Waals surface area contributed by atoms with E-state index in [-0.39, 0.29) is 11.8 Å². The number of fused-ring (bicyclic) bond motifs is 3. The average molecular weight is 584 g/mol. The summed E-state index contributed by atoms with van der Waals surface area (Å²) in [6.07, 6.45) is 7.76. The van der Waals surface area contributed by atoms with Crippen LogP contribution in [-0.4, -0.2) is 86.8 Å². The highest BCUT2D eigenvalue weighted by Crippen LogP contribution is 2.44. The molecule has 0 radical (unpaired) electrons. The lowest BCUT2D eigenvalue weighted by atomic mass is 9.95. The summed E-state index contributed by atoms with van der Waals surface area (Å²) in [5.74, 6) is -0.0862. The van der Waals surface area contributed by atoms with Crippen LogP contribution in [0.4, 0.5) is 5.13 Å². The molecule has 7 rings (SSSR count). The van der Waals surface area contributed by atoms with Gasteiger partial charge in [0.25, 0.3) is 5.91 Å². The van der Waals surface area contributed by atoms with Crippen LogP contribution in [0.15, 0.2) is 48.8 Å². The Morgan fingerprint density at radius 1 is 1.10 bits per heavy atom. The first-order valence-electron chi connectivity index (χ1n) is 14.6. The van der Waals surface area contributed by atoms with E-state index in [9.17, 15) is 9.59 Å². The van der Waals surface area contributed by atoms with E-state index in [1.54, 1.807) is 6.20 Å². The van der Waals surface area contributed by atoms with Gasteiger partial charge in [-0.2, -0.15) is 5.10 Å². The van der Waals surface area contributed by atoms with Gasteiger partial charge in [-0.15, -0.1) is 0 Å². The molecule has 5 heterocycles. The Bertz CT molecular complexity index is 1600. The lowest BCUT2D eigenvalue weighted by Crippen LogP contribution is -2.50. The fourth-order valence-corrected chi connectivity index (χ4v) is 7.25. The van der Waals surface area contributed by atoms with Crippen molar-refractivity contribution in [3.63, 3.8) is 0 Å². The largest absolute Gasteiger partial charge is 0.377 e. The van der Waals surface area contributed by atoms with Crippen LogP contribution < -0.4 is 5.32 Å². The zero-order chi connectivity index (χ0) is 28.6. The zero-order valence-corrected chi connectivity index (χ0v) is 24.4. The molecule has 216 valence electrons. The van der Waals surface area contributed by atoms with Gasteiger partial charge >= 0.3 is 0 Å². The van der Waals surface area contributed by atoms with Gasteiger partial charge in [-0.1, -0.05) is 11.3 Å². The number of hydrogen-bond acceptors (Lipinski definition) is 8. The summed E-state index contributed by atoms with van der Waals surface area (Å²) in [7, 11) is 0. The molecule has 4 aromatic rings. The van der Waals surface area contributed by atoms with E-state index in [2.05, 4.69) is 15.2 Å². The van der Waals surface area contributed by atoms with Crippen LogP contribution in [-0.2, 0) is 22.4 Å². The molecule has 11 heteroatoms. The predicted molar refractivity (Wildman–Crippen MR) is 161 cm³/mol. The van der Waals surface area contributed by atoms with Crippen LogP contribution in [0.2, 0.25) is 0 Å². The van der Waals surface area contributed by atoms with Gasteiger partial charge in [-0.25, -0.2) is 9.67 Å². The van der Waals surface area contributed by atoms with Crippen molar-refractivity contribution in [3.8, 4) is 27.5 Å². The molecule has 42 heavy (non-hydrogen) atoms. The normalized spacial score (nSPS) is 18.5. The van der Waals surface area contributed by atoms with Crippen LogP contribution in [0, 0.1) is 0 Å². The molecule has 3 aliphatic rings. The molecule has 2 fully saturated rings. The second-order valence-electron chi connectivity index (χ2n) is 11.1. The van der Waals surface area contributed by atoms with Crippen molar-refractivity contribution in [3.05, 3.63) is 65.6 Å². The van der Waals surface area contributed by atoms with Crippen molar-refractivity contribution in [2.24, 2.45) is 0 Å². The highest BCUT2D eigenvalue weighted by Gasteiger charge is 2.30. The molecule has 0 bridgehead atoms. The minimum absolute atomic E-state index is 0.0570. The molecule has 1 atom stereocenters. The number of anilines is 1. The van der Waals surface area contributed by atoms with Crippen LogP contribution in [0.25, 0.3) is 27.5 Å². The number of carbonyl (C=O) groups excluding carboxylic acids is 2. The molecule has 1 aliphatic carbocycles. The van der Waals surface area contributed by atoms with E-state index in [0.717, 1.165) is 104 Å². The molecule has 1 unspecified atom stereocenters. The van der Waals surface area contributed by atoms with Gasteiger partial charge in [0.2, 0.25) is 5.91 Å². The molecule has 0 spiro atoms. The van der Waals surface area contributed by atoms with Gasteiger partial charge in [0.05, 0.1) is 33.8 Å². The van der Waals surface area contributed by atoms with E-state index in [4.69, 9.17) is 14.8 Å². The molecular weight excluding hydrogens is 550 g/mol. The standard InChI is InChI=1S/C31H33N7O3S/c1-20(39)33-31-34-26-11-10-25-27(22-4-2-12-32-18-22)35-38(28(25)29(26)42-31)23-8-6-21(7-9-23)30(40)37-15-13-36(14-16-37)19-24-5-3-17-41-24/h2,4,6-9,12,18,24H,3,5,10-11,13-17,19H2,1H3,(H,33,34,39). The SMILES string of the molecule is CC(=O)Nc1nc2c(s1)-c1c(c(-c3cccnc3)nn1-c1ccc(C(=O)N3CCN(CC4CCCO4)CC3)cc1)CC2. The number of hydrogen-bond donors (Lipinski definition) is 1. The summed E-state index contributed by atoms with van der Waals surface area (Å²) >= 11 is 1.47. The molecule has 2 amide bonds. The first kappa shape index (κ1) is 26.9. The van der Waals surface area contributed by atoms with E-state index < -0.39 is 0 Å². The summed E-state index contributed by atoms with van der Waals surface area (Å²) in [4.78, 5) is 39.5. The first-order valence-corrected chi connectivity index (χ1v) is 15.4. The van der Waals surface area contributed by atoms with Crippen LogP contribution in [0.1, 0.15) is 41.4 Å². The number of benzene rings is 1. The maximum absolute atomic E-state index is 13.4. The Labute approximate surface area is 248 Å². The average Bonchev–Trinajstić information content (AvgIpc) is 3.76. The maximum atomic E-state index is 13.4. The van der Waals surface area contributed by atoms with Crippen molar-refractivity contribution in [1.82, 2.24) is 29.5 Å². The summed E-state index contributed by atoms with van der Waals surface area (Å²) in [5.41, 5.74) is 6.45. The Hall–Kier alpha value is -3.93. The number of rotatable bonds is 6. The molecule has 3 aromatic heterocycles. The summed E-state index contributed by atoms with van der Waals surface area (Å²) < 4.78 is 7.74. The van der Waals surface area contributed by atoms with Gasteiger partial charge in [0, 0.05) is 75.3 Å². The Kier molecular flexibility index (Phi) is 7.31. The molecule has 2 aliphatic heterocycles. The topological polar surface area (TPSA) is 105 Å².